The lowest BCUT2D eigenvalue weighted by Gasteiger charge is -2.06. The van der Waals surface area contributed by atoms with E-state index in [9.17, 15) is 0 Å². The fourth-order valence-electron chi connectivity index (χ4n) is 2.66. The minimum absolute atomic E-state index is 0.519. The first-order chi connectivity index (χ1) is 12.4. The summed E-state index contributed by atoms with van der Waals surface area (Å²) in [5.41, 5.74) is 0.861. The van der Waals surface area contributed by atoms with Crippen molar-refractivity contribution in [2.75, 3.05) is 0 Å². The van der Waals surface area contributed by atoms with Gasteiger partial charge < -0.3 is 8.94 Å². The van der Waals surface area contributed by atoms with Crippen molar-refractivity contribution in [3.05, 3.63) is 47.7 Å². The van der Waals surface area contributed by atoms with Crippen molar-refractivity contribution in [1.82, 2.24) is 19.9 Å². The standard InChI is InChI=1S/C17H14N4O2S2/c1-3-13(22-7-1)14-9-11(20-23-14)10-25-17-19-18-16(15-4-2-8-24-15)21(17)12-5-6-12/h1-4,7-9,12H,5-6,10H2. The predicted molar refractivity (Wildman–Crippen MR) is 95.4 cm³/mol. The highest BCUT2D eigenvalue weighted by molar-refractivity contribution is 7.98. The summed E-state index contributed by atoms with van der Waals surface area (Å²) in [5.74, 6) is 2.98. The van der Waals surface area contributed by atoms with E-state index in [1.54, 1.807) is 29.4 Å². The normalized spacial score (nSPS) is 14.2. The van der Waals surface area contributed by atoms with Crippen LogP contribution < -0.4 is 0 Å². The van der Waals surface area contributed by atoms with Gasteiger partial charge in [0.15, 0.2) is 16.7 Å². The largest absolute Gasteiger partial charge is 0.461 e. The van der Waals surface area contributed by atoms with Gasteiger partial charge in [0, 0.05) is 17.9 Å². The zero-order valence-electron chi connectivity index (χ0n) is 13.2. The molecule has 6 nitrogen and oxygen atoms in total. The second-order valence-corrected chi connectivity index (χ2v) is 7.72. The summed E-state index contributed by atoms with van der Waals surface area (Å²) in [6.07, 6.45) is 4.00. The number of thioether (sulfide) groups is 1. The van der Waals surface area contributed by atoms with Crippen LogP contribution in [-0.4, -0.2) is 19.9 Å². The number of nitrogens with zero attached hydrogens (tertiary/aromatic N) is 4. The smallest absolute Gasteiger partial charge is 0.202 e. The maximum Gasteiger partial charge on any atom is 0.202 e. The van der Waals surface area contributed by atoms with Gasteiger partial charge in [-0.05, 0) is 36.4 Å². The number of rotatable bonds is 6. The zero-order valence-corrected chi connectivity index (χ0v) is 14.8. The number of thiophene rings is 1. The van der Waals surface area contributed by atoms with Crippen LogP contribution in [0, 0.1) is 0 Å². The van der Waals surface area contributed by atoms with Crippen LogP contribution in [0.25, 0.3) is 22.2 Å². The molecule has 0 amide bonds. The third-order valence-electron chi connectivity index (χ3n) is 3.99. The molecule has 5 rings (SSSR count). The van der Waals surface area contributed by atoms with Crippen molar-refractivity contribution in [1.29, 1.82) is 0 Å². The third kappa shape index (κ3) is 2.91. The highest BCUT2D eigenvalue weighted by Crippen LogP contribution is 2.42. The first kappa shape index (κ1) is 15.0. The summed E-state index contributed by atoms with van der Waals surface area (Å²) < 4.78 is 13.0. The maximum absolute atomic E-state index is 5.35. The second-order valence-electron chi connectivity index (χ2n) is 5.83. The van der Waals surface area contributed by atoms with E-state index in [0.717, 1.165) is 21.6 Å². The van der Waals surface area contributed by atoms with Crippen LogP contribution >= 0.6 is 23.1 Å². The molecule has 0 N–H and O–H groups in total. The van der Waals surface area contributed by atoms with Crippen molar-refractivity contribution in [2.24, 2.45) is 0 Å². The van der Waals surface area contributed by atoms with E-state index >= 15 is 0 Å². The van der Waals surface area contributed by atoms with Gasteiger partial charge in [-0.25, -0.2) is 0 Å². The van der Waals surface area contributed by atoms with Crippen molar-refractivity contribution in [3.8, 4) is 22.2 Å². The molecule has 0 atom stereocenters. The number of aromatic nitrogens is 4. The van der Waals surface area contributed by atoms with E-state index in [1.807, 2.05) is 24.3 Å². The Kier molecular flexibility index (Phi) is 3.71. The summed E-state index contributed by atoms with van der Waals surface area (Å²) in [7, 11) is 0. The van der Waals surface area contributed by atoms with E-state index in [0.29, 0.717) is 23.3 Å². The summed E-state index contributed by atoms with van der Waals surface area (Å²) >= 11 is 3.33. The molecule has 25 heavy (non-hydrogen) atoms. The Morgan fingerprint density at radius 1 is 1.20 bits per heavy atom. The van der Waals surface area contributed by atoms with Crippen molar-refractivity contribution in [3.63, 3.8) is 0 Å². The third-order valence-corrected chi connectivity index (χ3v) is 5.83. The molecular formula is C17H14N4O2S2. The lowest BCUT2D eigenvalue weighted by atomic mass is 10.3. The van der Waals surface area contributed by atoms with Crippen LogP contribution in [0.15, 0.2) is 56.1 Å². The molecule has 0 unspecified atom stereocenters. The van der Waals surface area contributed by atoms with Crippen LogP contribution in [0.4, 0.5) is 0 Å². The molecule has 0 spiro atoms. The molecule has 0 radical (unpaired) electrons. The molecule has 4 heterocycles. The fourth-order valence-corrected chi connectivity index (χ4v) is 4.26. The van der Waals surface area contributed by atoms with Gasteiger partial charge in [0.1, 0.15) is 0 Å². The monoisotopic (exact) mass is 370 g/mol. The first-order valence-electron chi connectivity index (χ1n) is 7.99. The van der Waals surface area contributed by atoms with Gasteiger partial charge in [-0.15, -0.1) is 21.5 Å². The quantitative estimate of drug-likeness (QED) is 0.450. The lowest BCUT2D eigenvalue weighted by molar-refractivity contribution is 0.413. The molecule has 8 heteroatoms. The van der Waals surface area contributed by atoms with Crippen molar-refractivity contribution < 1.29 is 8.94 Å². The van der Waals surface area contributed by atoms with Gasteiger partial charge in [0.25, 0.3) is 0 Å². The van der Waals surface area contributed by atoms with E-state index in [4.69, 9.17) is 8.94 Å². The zero-order chi connectivity index (χ0) is 16.6. The van der Waals surface area contributed by atoms with Crippen molar-refractivity contribution in [2.45, 2.75) is 29.8 Å². The van der Waals surface area contributed by atoms with Gasteiger partial charge >= 0.3 is 0 Å². The lowest BCUT2D eigenvalue weighted by Crippen LogP contribution is -1.99. The van der Waals surface area contributed by atoms with Crippen LogP contribution in [-0.2, 0) is 5.75 Å². The molecule has 0 bridgehead atoms. The van der Waals surface area contributed by atoms with Gasteiger partial charge in [0.05, 0.1) is 16.8 Å². The number of furan rings is 1. The molecule has 4 aromatic rings. The van der Waals surface area contributed by atoms with Crippen molar-refractivity contribution >= 4 is 23.1 Å². The molecular weight excluding hydrogens is 356 g/mol. The minimum atomic E-state index is 0.519. The minimum Gasteiger partial charge on any atom is -0.461 e. The summed E-state index contributed by atoms with van der Waals surface area (Å²) in [6, 6.07) is 10.2. The summed E-state index contributed by atoms with van der Waals surface area (Å²) in [6.45, 7) is 0. The van der Waals surface area contributed by atoms with Gasteiger partial charge in [-0.3, -0.25) is 4.57 Å². The highest BCUT2D eigenvalue weighted by atomic mass is 32.2. The molecule has 126 valence electrons. The maximum atomic E-state index is 5.35. The average Bonchev–Trinajstić information content (AvgIpc) is 3.16. The average molecular weight is 370 g/mol. The molecule has 0 aromatic carbocycles. The fraction of sp³-hybridized carbons (Fsp3) is 0.235. The molecule has 0 saturated heterocycles. The van der Waals surface area contributed by atoms with E-state index in [1.165, 1.54) is 12.8 Å². The Balaban J connectivity index is 1.36. The van der Waals surface area contributed by atoms with Gasteiger partial charge in [-0.2, -0.15) is 0 Å². The SMILES string of the molecule is c1coc(-c2cc(CSc3nnc(-c4cccs4)n3C3CC3)no2)c1. The van der Waals surface area contributed by atoms with Crippen LogP contribution in [0.2, 0.25) is 0 Å². The van der Waals surface area contributed by atoms with E-state index in [2.05, 4.69) is 31.4 Å². The second kappa shape index (κ2) is 6.20. The highest BCUT2D eigenvalue weighted by Gasteiger charge is 2.30. The molecule has 0 aliphatic heterocycles. The molecule has 1 fully saturated rings. The van der Waals surface area contributed by atoms with Crippen LogP contribution in [0.1, 0.15) is 24.6 Å². The summed E-state index contributed by atoms with van der Waals surface area (Å²) in [5, 5.41) is 16.0. The van der Waals surface area contributed by atoms with Crippen LogP contribution in [0.5, 0.6) is 0 Å². The summed E-state index contributed by atoms with van der Waals surface area (Å²) in [4.78, 5) is 1.16. The van der Waals surface area contributed by atoms with Crippen LogP contribution in [0.3, 0.4) is 0 Å². The Labute approximate surface area is 151 Å². The molecule has 1 aliphatic rings. The van der Waals surface area contributed by atoms with Gasteiger partial charge in [-0.1, -0.05) is 23.0 Å². The van der Waals surface area contributed by atoms with E-state index < -0.39 is 0 Å². The first-order valence-corrected chi connectivity index (χ1v) is 9.86. The number of hydrogen-bond donors (Lipinski definition) is 0. The topological polar surface area (TPSA) is 69.9 Å². The number of hydrogen-bond acceptors (Lipinski definition) is 7. The van der Waals surface area contributed by atoms with E-state index in [-0.39, 0.29) is 0 Å². The Morgan fingerprint density at radius 2 is 2.16 bits per heavy atom. The predicted octanol–water partition coefficient (Wildman–Crippen LogP) is 4.88. The molecule has 1 saturated carbocycles. The van der Waals surface area contributed by atoms with Gasteiger partial charge in [0.2, 0.25) is 5.76 Å². The Morgan fingerprint density at radius 3 is 2.92 bits per heavy atom. The Bertz CT molecular complexity index is 969. The molecule has 4 aromatic heterocycles. The molecule has 1 aliphatic carbocycles. The Hall–Kier alpha value is -2.32.